The molecule has 0 aromatic rings. The van der Waals surface area contributed by atoms with Crippen LogP contribution >= 0.6 is 0 Å². The summed E-state index contributed by atoms with van der Waals surface area (Å²) in [6.07, 6.45) is 37.7. The average molecular weight is 821 g/mol. The molecular weight excluding hydrogens is 725 g/mol. The molecule has 0 fully saturated rings. The summed E-state index contributed by atoms with van der Waals surface area (Å²) in [7, 11) is 0. The average Bonchev–Trinajstić information content (AvgIpc) is 3.20. The number of esters is 2. The Morgan fingerprint density at radius 3 is 1.10 bits per heavy atom. The Hall–Kier alpha value is -1.96. The largest absolute Gasteiger partial charge is 0.465 e. The van der Waals surface area contributed by atoms with Crippen LogP contribution in [0.25, 0.3) is 0 Å². The van der Waals surface area contributed by atoms with E-state index >= 15 is 0 Å². The maximum Gasteiger partial charge on any atom is 0.308 e. The van der Waals surface area contributed by atoms with Gasteiger partial charge in [0.25, 0.3) is 0 Å². The lowest BCUT2D eigenvalue weighted by molar-refractivity contribution is -0.150. The van der Waals surface area contributed by atoms with Crippen molar-refractivity contribution in [2.45, 2.75) is 253 Å². The number of hydrogen-bond acceptors (Lipinski definition) is 7. The molecule has 0 aliphatic rings. The second kappa shape index (κ2) is 43.1. The number of hydrogen-bond donors (Lipinski definition) is 1. The van der Waals surface area contributed by atoms with Crippen LogP contribution in [0.3, 0.4) is 0 Å². The van der Waals surface area contributed by atoms with Crippen LogP contribution in [0.5, 0.6) is 0 Å². The summed E-state index contributed by atoms with van der Waals surface area (Å²) in [4.78, 5) is 51.9. The fourth-order valence-electron chi connectivity index (χ4n) is 7.96. The molecule has 0 saturated heterocycles. The lowest BCUT2D eigenvalue weighted by Gasteiger charge is -2.22. The molecule has 342 valence electrons. The van der Waals surface area contributed by atoms with Crippen LogP contribution in [0, 0.1) is 11.8 Å². The maximum absolute atomic E-state index is 13.0. The van der Waals surface area contributed by atoms with Crippen molar-refractivity contribution in [3.63, 3.8) is 0 Å². The molecule has 8 heteroatoms. The van der Waals surface area contributed by atoms with E-state index in [-0.39, 0.29) is 35.6 Å². The van der Waals surface area contributed by atoms with E-state index in [1.807, 2.05) is 0 Å². The van der Waals surface area contributed by atoms with Crippen molar-refractivity contribution in [1.82, 2.24) is 10.2 Å². The van der Waals surface area contributed by atoms with Gasteiger partial charge in [-0.15, -0.1) is 0 Å². The molecule has 0 spiro atoms. The first-order valence-corrected chi connectivity index (χ1v) is 25.1. The van der Waals surface area contributed by atoms with Gasteiger partial charge in [-0.05, 0) is 77.4 Å². The Kier molecular flexibility index (Phi) is 41.7. The molecule has 0 aliphatic carbocycles. The van der Waals surface area contributed by atoms with Gasteiger partial charge in [-0.2, -0.15) is 0 Å². The van der Waals surface area contributed by atoms with Crippen LogP contribution in [0.4, 0.5) is 0 Å². The molecule has 0 aromatic carbocycles. The van der Waals surface area contributed by atoms with Crippen molar-refractivity contribution in [2.24, 2.45) is 11.8 Å². The topological polar surface area (TPSA) is 102 Å². The number of carbonyl (C=O) groups excluding carboxylic acids is 4. The summed E-state index contributed by atoms with van der Waals surface area (Å²) in [5.41, 5.74) is 0. The van der Waals surface area contributed by atoms with Crippen LogP contribution < -0.4 is 5.32 Å². The number of amides is 2. The number of nitrogens with one attached hydrogen (secondary N) is 1. The molecule has 1 N–H and O–H groups in total. The van der Waals surface area contributed by atoms with Crippen LogP contribution in [0.15, 0.2) is 0 Å². The summed E-state index contributed by atoms with van der Waals surface area (Å²) < 4.78 is 11.6. The lowest BCUT2D eigenvalue weighted by atomic mass is 9.94. The predicted molar refractivity (Wildman–Crippen MR) is 244 cm³/mol. The van der Waals surface area contributed by atoms with E-state index in [9.17, 15) is 19.2 Å². The molecule has 0 saturated carbocycles. The first-order chi connectivity index (χ1) is 28.3. The predicted octanol–water partition coefficient (Wildman–Crippen LogP) is 13.6. The molecule has 0 bridgehead atoms. The van der Waals surface area contributed by atoms with E-state index in [4.69, 9.17) is 9.47 Å². The number of imide groups is 1. The molecule has 0 aliphatic heterocycles. The van der Waals surface area contributed by atoms with E-state index in [1.54, 1.807) is 0 Å². The minimum atomic E-state index is -0.307. The zero-order valence-electron chi connectivity index (χ0n) is 39.1. The van der Waals surface area contributed by atoms with Crippen molar-refractivity contribution in [1.29, 1.82) is 0 Å². The summed E-state index contributed by atoms with van der Waals surface area (Å²) in [5.74, 6) is -0.356. The third kappa shape index (κ3) is 37.1. The molecule has 2 amide bonds. The minimum Gasteiger partial charge on any atom is -0.465 e. The Balaban J connectivity index is 4.64. The van der Waals surface area contributed by atoms with Gasteiger partial charge in [0.15, 0.2) is 0 Å². The first kappa shape index (κ1) is 56.0. The molecule has 8 nitrogen and oxygen atoms in total. The lowest BCUT2D eigenvalue weighted by Crippen LogP contribution is -2.31. The summed E-state index contributed by atoms with van der Waals surface area (Å²) in [6, 6.07) is 0. The first-order valence-electron chi connectivity index (χ1n) is 25.1. The maximum atomic E-state index is 13.0. The van der Waals surface area contributed by atoms with Gasteiger partial charge < -0.3 is 14.4 Å². The number of unbranched alkanes of at least 4 members (excludes halogenated alkanes) is 22. The quantitative estimate of drug-likeness (QED) is 0.0482. The van der Waals surface area contributed by atoms with Gasteiger partial charge in [-0.3, -0.25) is 24.5 Å². The highest BCUT2D eigenvalue weighted by atomic mass is 16.5. The van der Waals surface area contributed by atoms with Crippen LogP contribution in [0.2, 0.25) is 0 Å². The monoisotopic (exact) mass is 821 g/mol. The molecular formula is C50H96N2O6. The van der Waals surface area contributed by atoms with E-state index < -0.39 is 0 Å². The zero-order valence-corrected chi connectivity index (χ0v) is 39.1. The highest BCUT2D eigenvalue weighted by molar-refractivity contribution is 5.93. The van der Waals surface area contributed by atoms with Crippen molar-refractivity contribution < 1.29 is 28.7 Å². The van der Waals surface area contributed by atoms with Crippen LogP contribution in [0.1, 0.15) is 253 Å². The van der Waals surface area contributed by atoms with Crippen molar-refractivity contribution in [3.8, 4) is 0 Å². The normalized spacial score (nSPS) is 12.4. The molecule has 0 heterocycles. The zero-order chi connectivity index (χ0) is 42.7. The number of carbonyl (C=O) groups is 4. The smallest absolute Gasteiger partial charge is 0.308 e. The summed E-state index contributed by atoms with van der Waals surface area (Å²) in [5, 5.41) is 2.39. The van der Waals surface area contributed by atoms with E-state index in [1.165, 1.54) is 110 Å². The molecule has 2 atom stereocenters. The number of rotatable bonds is 44. The van der Waals surface area contributed by atoms with Gasteiger partial charge in [0.1, 0.15) is 0 Å². The van der Waals surface area contributed by atoms with Crippen molar-refractivity contribution >= 4 is 23.8 Å². The highest BCUT2D eigenvalue weighted by Gasteiger charge is 2.20. The molecule has 0 aromatic heterocycles. The highest BCUT2D eigenvalue weighted by Crippen LogP contribution is 2.22. The van der Waals surface area contributed by atoms with Crippen LogP contribution in [-0.2, 0) is 28.7 Å². The fourth-order valence-corrected chi connectivity index (χ4v) is 7.96. The SMILES string of the molecule is CCCCCCCCC(CCCCCC)C(=O)OCCCCCCN(CCCCCCOC(=O)C(CCCCCC)CCCCCCCC)CCCC(=O)NC(C)=O. The van der Waals surface area contributed by atoms with Gasteiger partial charge >= 0.3 is 11.9 Å². The second-order valence-corrected chi connectivity index (χ2v) is 17.4. The van der Waals surface area contributed by atoms with Gasteiger partial charge in [-0.25, -0.2) is 0 Å². The number of ether oxygens (including phenoxy) is 2. The fraction of sp³-hybridized carbons (Fsp3) is 0.920. The molecule has 0 rings (SSSR count). The van der Waals surface area contributed by atoms with Gasteiger partial charge in [0.05, 0.1) is 25.0 Å². The molecule has 2 unspecified atom stereocenters. The Labute approximate surface area is 359 Å². The molecule has 58 heavy (non-hydrogen) atoms. The van der Waals surface area contributed by atoms with E-state index in [0.29, 0.717) is 19.6 Å². The Morgan fingerprint density at radius 1 is 0.414 bits per heavy atom. The minimum absolute atomic E-state index is 0.0219. The van der Waals surface area contributed by atoms with Gasteiger partial charge in [0.2, 0.25) is 11.8 Å². The Morgan fingerprint density at radius 2 is 0.724 bits per heavy atom. The van der Waals surface area contributed by atoms with Crippen molar-refractivity contribution in [3.05, 3.63) is 0 Å². The summed E-state index contributed by atoms with van der Waals surface area (Å²) >= 11 is 0. The Bertz CT molecular complexity index is 900. The van der Waals surface area contributed by atoms with E-state index in [0.717, 1.165) is 129 Å². The second-order valence-electron chi connectivity index (χ2n) is 17.4. The van der Waals surface area contributed by atoms with E-state index in [2.05, 4.69) is 37.9 Å². The van der Waals surface area contributed by atoms with Crippen LogP contribution in [-0.4, -0.2) is 61.5 Å². The van der Waals surface area contributed by atoms with Crippen molar-refractivity contribution in [2.75, 3.05) is 32.8 Å². The van der Waals surface area contributed by atoms with Gasteiger partial charge in [0, 0.05) is 13.3 Å². The summed E-state index contributed by atoms with van der Waals surface area (Å²) in [6.45, 7) is 14.1. The third-order valence-electron chi connectivity index (χ3n) is 11.7. The standard InChI is InChI=1S/C50H96N2O6/c1-6-10-14-18-20-28-37-46(35-26-16-12-8-3)49(55)57-43-32-24-22-30-40-52(42-34-39-48(54)51-45(5)53)41-31-23-25-33-44-58-50(56)47(36-27-17-13-9-4)38-29-21-19-15-11-7-2/h46-47H,6-44H2,1-5H3,(H,51,53,54). The molecule has 0 radical (unpaired) electrons. The number of nitrogens with zero attached hydrogens (tertiary/aromatic N) is 1. The van der Waals surface area contributed by atoms with Gasteiger partial charge in [-0.1, -0.05) is 182 Å². The third-order valence-corrected chi connectivity index (χ3v) is 11.7.